The van der Waals surface area contributed by atoms with E-state index in [4.69, 9.17) is 11.6 Å². The number of thiophene rings is 1. The van der Waals surface area contributed by atoms with Gasteiger partial charge in [0.05, 0.1) is 5.02 Å². The molecule has 0 spiro atoms. The Bertz CT molecular complexity index is 548. The minimum absolute atomic E-state index is 0.114. The van der Waals surface area contributed by atoms with E-state index in [2.05, 4.69) is 0 Å². The summed E-state index contributed by atoms with van der Waals surface area (Å²) in [6.07, 6.45) is 0. The van der Waals surface area contributed by atoms with Gasteiger partial charge in [-0.15, -0.1) is 11.3 Å². The largest absolute Gasteiger partial charge is 0.289 e. The van der Waals surface area contributed by atoms with E-state index >= 15 is 0 Å². The third-order valence-electron chi connectivity index (χ3n) is 2.19. The van der Waals surface area contributed by atoms with Crippen LogP contribution in [0.25, 0.3) is 0 Å². The molecule has 0 aliphatic heterocycles. The van der Waals surface area contributed by atoms with Gasteiger partial charge in [-0.25, -0.2) is 4.39 Å². The normalized spacial score (nSPS) is 10.4. The lowest BCUT2D eigenvalue weighted by Crippen LogP contribution is -2.01. The topological polar surface area (TPSA) is 17.1 Å². The SMILES string of the molecule is Cc1cc(C(=O)c2cccc(F)c2Cl)cs1. The quantitative estimate of drug-likeness (QED) is 0.738. The van der Waals surface area contributed by atoms with Crippen LogP contribution >= 0.6 is 22.9 Å². The van der Waals surface area contributed by atoms with E-state index in [0.717, 1.165) is 4.88 Å². The fourth-order valence-electron chi connectivity index (χ4n) is 1.40. The molecule has 0 saturated heterocycles. The second-order valence-corrected chi connectivity index (χ2v) is 4.87. The Hall–Kier alpha value is -1.19. The third-order valence-corrected chi connectivity index (χ3v) is 3.43. The molecule has 1 heterocycles. The average Bonchev–Trinajstić information content (AvgIpc) is 2.68. The summed E-state index contributed by atoms with van der Waals surface area (Å²) < 4.78 is 13.2. The van der Waals surface area contributed by atoms with Crippen LogP contribution in [0.15, 0.2) is 29.6 Å². The molecule has 0 amide bonds. The first kappa shape index (κ1) is 11.3. The smallest absolute Gasteiger partial charge is 0.195 e. The third kappa shape index (κ3) is 2.01. The van der Waals surface area contributed by atoms with Gasteiger partial charge in [-0.05, 0) is 25.1 Å². The van der Waals surface area contributed by atoms with Crippen LogP contribution in [0.1, 0.15) is 20.8 Å². The molecule has 2 aromatic rings. The number of carbonyl (C=O) groups is 1. The molecule has 0 saturated carbocycles. The number of rotatable bonds is 2. The van der Waals surface area contributed by atoms with E-state index in [9.17, 15) is 9.18 Å². The summed E-state index contributed by atoms with van der Waals surface area (Å²) in [4.78, 5) is 13.0. The fourth-order valence-corrected chi connectivity index (χ4v) is 2.29. The highest BCUT2D eigenvalue weighted by Gasteiger charge is 2.15. The van der Waals surface area contributed by atoms with Crippen LogP contribution in [0.5, 0.6) is 0 Å². The van der Waals surface area contributed by atoms with Crippen molar-refractivity contribution in [3.63, 3.8) is 0 Å². The van der Waals surface area contributed by atoms with Crippen LogP contribution in [0.4, 0.5) is 4.39 Å². The summed E-state index contributed by atoms with van der Waals surface area (Å²) >= 11 is 7.23. The summed E-state index contributed by atoms with van der Waals surface area (Å²) in [7, 11) is 0. The Labute approximate surface area is 101 Å². The van der Waals surface area contributed by atoms with Gasteiger partial charge >= 0.3 is 0 Å². The molecule has 1 aromatic heterocycles. The number of benzene rings is 1. The fraction of sp³-hybridized carbons (Fsp3) is 0.0833. The summed E-state index contributed by atoms with van der Waals surface area (Å²) in [5.74, 6) is -0.812. The number of hydrogen-bond acceptors (Lipinski definition) is 2. The molecule has 0 atom stereocenters. The lowest BCUT2D eigenvalue weighted by atomic mass is 10.1. The molecule has 16 heavy (non-hydrogen) atoms. The molecule has 0 unspecified atom stereocenters. The van der Waals surface area contributed by atoms with Crippen molar-refractivity contribution < 1.29 is 9.18 Å². The number of ketones is 1. The zero-order chi connectivity index (χ0) is 11.7. The van der Waals surface area contributed by atoms with Gasteiger partial charge in [0.25, 0.3) is 0 Å². The monoisotopic (exact) mass is 254 g/mol. The van der Waals surface area contributed by atoms with Crippen molar-refractivity contribution in [3.8, 4) is 0 Å². The Kier molecular flexibility index (Phi) is 3.08. The number of aryl methyl sites for hydroxylation is 1. The molecular formula is C12H8ClFOS. The Morgan fingerprint density at radius 1 is 1.44 bits per heavy atom. The van der Waals surface area contributed by atoms with E-state index < -0.39 is 5.82 Å². The molecule has 4 heteroatoms. The minimum Gasteiger partial charge on any atom is -0.289 e. The van der Waals surface area contributed by atoms with Gasteiger partial charge in [0.2, 0.25) is 0 Å². The molecule has 0 aliphatic carbocycles. The second-order valence-electron chi connectivity index (χ2n) is 3.38. The highest BCUT2D eigenvalue weighted by Crippen LogP contribution is 2.24. The van der Waals surface area contributed by atoms with E-state index in [1.165, 1.54) is 29.5 Å². The van der Waals surface area contributed by atoms with Crippen molar-refractivity contribution >= 4 is 28.7 Å². The Balaban J connectivity index is 2.45. The Morgan fingerprint density at radius 2 is 2.19 bits per heavy atom. The van der Waals surface area contributed by atoms with Gasteiger partial charge in [-0.3, -0.25) is 4.79 Å². The first-order valence-electron chi connectivity index (χ1n) is 4.63. The average molecular weight is 255 g/mol. The molecule has 0 fully saturated rings. The molecule has 0 aliphatic rings. The number of hydrogen-bond donors (Lipinski definition) is 0. The van der Waals surface area contributed by atoms with E-state index in [1.54, 1.807) is 11.4 Å². The van der Waals surface area contributed by atoms with Gasteiger partial charge in [0.1, 0.15) is 5.82 Å². The predicted octanol–water partition coefficient (Wildman–Crippen LogP) is 4.08. The minimum atomic E-state index is -0.570. The standard InChI is InChI=1S/C12H8ClFOS/c1-7-5-8(6-16-7)12(15)9-3-2-4-10(14)11(9)13/h2-6H,1H3. The van der Waals surface area contributed by atoms with Gasteiger partial charge < -0.3 is 0 Å². The zero-order valence-corrected chi connectivity index (χ0v) is 10.0. The molecule has 0 bridgehead atoms. The van der Waals surface area contributed by atoms with Crippen LogP contribution in [0.3, 0.4) is 0 Å². The highest BCUT2D eigenvalue weighted by molar-refractivity contribution is 7.10. The number of halogens is 2. The summed E-state index contributed by atoms with van der Waals surface area (Å²) in [6, 6.07) is 6.01. The maximum Gasteiger partial charge on any atom is 0.195 e. The second kappa shape index (κ2) is 4.36. The van der Waals surface area contributed by atoms with Gasteiger partial charge in [-0.1, -0.05) is 17.7 Å². The van der Waals surface area contributed by atoms with E-state index in [0.29, 0.717) is 5.56 Å². The zero-order valence-electron chi connectivity index (χ0n) is 8.46. The van der Waals surface area contributed by atoms with Crippen molar-refractivity contribution in [1.29, 1.82) is 0 Å². The lowest BCUT2D eigenvalue weighted by molar-refractivity contribution is 0.103. The molecular weight excluding hydrogens is 247 g/mol. The van der Waals surface area contributed by atoms with Crippen molar-refractivity contribution in [3.05, 3.63) is 56.5 Å². The predicted molar refractivity (Wildman–Crippen MR) is 63.9 cm³/mol. The maximum atomic E-state index is 13.2. The van der Waals surface area contributed by atoms with E-state index in [1.807, 2.05) is 6.92 Å². The van der Waals surface area contributed by atoms with Crippen LogP contribution in [-0.4, -0.2) is 5.78 Å². The van der Waals surface area contributed by atoms with Crippen LogP contribution in [0, 0.1) is 12.7 Å². The molecule has 1 aromatic carbocycles. The van der Waals surface area contributed by atoms with Gasteiger partial charge in [-0.2, -0.15) is 0 Å². The molecule has 2 rings (SSSR count). The summed E-state index contributed by atoms with van der Waals surface area (Å²) in [6.45, 7) is 1.91. The van der Waals surface area contributed by atoms with E-state index in [-0.39, 0.29) is 16.4 Å². The first-order chi connectivity index (χ1) is 7.59. The van der Waals surface area contributed by atoms with Crippen LogP contribution < -0.4 is 0 Å². The molecule has 0 radical (unpaired) electrons. The van der Waals surface area contributed by atoms with Crippen LogP contribution in [-0.2, 0) is 0 Å². The molecule has 82 valence electrons. The Morgan fingerprint density at radius 3 is 2.81 bits per heavy atom. The van der Waals surface area contributed by atoms with Crippen LogP contribution in [0.2, 0.25) is 5.02 Å². The molecule has 1 nitrogen and oxygen atoms in total. The van der Waals surface area contributed by atoms with Gasteiger partial charge in [0, 0.05) is 21.4 Å². The first-order valence-corrected chi connectivity index (χ1v) is 5.89. The summed E-state index contributed by atoms with van der Waals surface area (Å²) in [5.41, 5.74) is 0.759. The van der Waals surface area contributed by atoms with Crippen molar-refractivity contribution in [2.45, 2.75) is 6.92 Å². The maximum absolute atomic E-state index is 13.2. The molecule has 0 N–H and O–H groups in total. The highest BCUT2D eigenvalue weighted by atomic mass is 35.5. The lowest BCUT2D eigenvalue weighted by Gasteiger charge is -2.02. The van der Waals surface area contributed by atoms with Crippen molar-refractivity contribution in [2.24, 2.45) is 0 Å². The van der Waals surface area contributed by atoms with Crippen molar-refractivity contribution in [1.82, 2.24) is 0 Å². The number of carbonyl (C=O) groups excluding carboxylic acids is 1. The van der Waals surface area contributed by atoms with Crippen molar-refractivity contribution in [2.75, 3.05) is 0 Å². The van der Waals surface area contributed by atoms with Gasteiger partial charge in [0.15, 0.2) is 5.78 Å². The summed E-state index contributed by atoms with van der Waals surface area (Å²) in [5, 5.41) is 1.63.